The predicted molar refractivity (Wildman–Crippen MR) is 66.0 cm³/mol. The average Bonchev–Trinajstić information content (AvgIpc) is 2.10. The van der Waals surface area contributed by atoms with Gasteiger partial charge in [-0.05, 0) is 79.8 Å². The monoisotopic (exact) mass is 307 g/mol. The van der Waals surface area contributed by atoms with Gasteiger partial charge < -0.3 is 4.90 Å². The Morgan fingerprint density at radius 3 is 2.71 bits per heavy atom. The minimum atomic E-state index is -0.0795. The minimum Gasteiger partial charge on any atom is -0.309 e. The molecule has 1 aromatic carbocycles. The minimum absolute atomic E-state index is 0.0795. The van der Waals surface area contributed by atoms with Gasteiger partial charge in [0.1, 0.15) is 5.82 Å². The molecule has 0 aliphatic heterocycles. The molecule has 0 amide bonds. The molecule has 1 nitrogen and oxygen atoms in total. The lowest BCUT2D eigenvalue weighted by Gasteiger charge is -2.09. The zero-order chi connectivity index (χ0) is 10.6. The van der Waals surface area contributed by atoms with E-state index in [1.54, 1.807) is 12.1 Å². The van der Waals surface area contributed by atoms with Gasteiger partial charge in [-0.1, -0.05) is 0 Å². The van der Waals surface area contributed by atoms with Crippen LogP contribution in [0.3, 0.4) is 0 Å². The molecule has 78 valence electrons. The van der Waals surface area contributed by atoms with Crippen LogP contribution in [0.15, 0.2) is 18.2 Å². The summed E-state index contributed by atoms with van der Waals surface area (Å²) in [6.07, 6.45) is 1.82. The van der Waals surface area contributed by atoms with E-state index in [-0.39, 0.29) is 5.82 Å². The first kappa shape index (κ1) is 11.9. The first-order chi connectivity index (χ1) is 6.59. The number of benzene rings is 1. The lowest BCUT2D eigenvalue weighted by Crippen LogP contribution is -2.13. The summed E-state index contributed by atoms with van der Waals surface area (Å²) in [5.74, 6) is -0.0795. The van der Waals surface area contributed by atoms with Gasteiger partial charge >= 0.3 is 0 Å². The molecule has 0 saturated heterocycles. The summed E-state index contributed by atoms with van der Waals surface area (Å²) >= 11 is 2.21. The van der Waals surface area contributed by atoms with Crippen LogP contribution >= 0.6 is 22.6 Å². The van der Waals surface area contributed by atoms with Crippen LogP contribution in [0.4, 0.5) is 4.39 Å². The van der Waals surface area contributed by atoms with Crippen molar-refractivity contribution in [3.05, 3.63) is 33.1 Å². The van der Waals surface area contributed by atoms with Crippen LogP contribution < -0.4 is 0 Å². The number of aryl methyl sites for hydroxylation is 1. The van der Waals surface area contributed by atoms with Crippen molar-refractivity contribution in [2.45, 2.75) is 12.8 Å². The van der Waals surface area contributed by atoms with Crippen LogP contribution in [-0.4, -0.2) is 25.5 Å². The van der Waals surface area contributed by atoms with Gasteiger partial charge in [0.05, 0.1) is 0 Å². The van der Waals surface area contributed by atoms with Gasteiger partial charge in [-0.3, -0.25) is 0 Å². The van der Waals surface area contributed by atoms with E-state index in [1.807, 2.05) is 20.2 Å². The molecule has 0 atom stereocenters. The van der Waals surface area contributed by atoms with Crippen LogP contribution in [0.1, 0.15) is 12.0 Å². The molecule has 3 heteroatoms. The first-order valence-corrected chi connectivity index (χ1v) is 5.76. The van der Waals surface area contributed by atoms with Gasteiger partial charge in [0, 0.05) is 3.57 Å². The third-order valence-electron chi connectivity index (χ3n) is 2.06. The van der Waals surface area contributed by atoms with Crippen molar-refractivity contribution in [2.24, 2.45) is 0 Å². The molecule has 0 unspecified atom stereocenters. The average molecular weight is 307 g/mol. The van der Waals surface area contributed by atoms with Gasteiger partial charge in [-0.15, -0.1) is 0 Å². The fraction of sp³-hybridized carbons (Fsp3) is 0.455. The Hall–Kier alpha value is -0.160. The molecular formula is C11H15FIN. The van der Waals surface area contributed by atoms with E-state index >= 15 is 0 Å². The Labute approximate surface area is 98.4 Å². The van der Waals surface area contributed by atoms with Crippen molar-refractivity contribution in [1.82, 2.24) is 4.90 Å². The molecule has 0 N–H and O–H groups in total. The normalized spacial score (nSPS) is 10.9. The van der Waals surface area contributed by atoms with Gasteiger partial charge in [0.2, 0.25) is 0 Å². The summed E-state index contributed by atoms with van der Waals surface area (Å²) < 4.78 is 14.4. The van der Waals surface area contributed by atoms with Crippen molar-refractivity contribution in [3.63, 3.8) is 0 Å². The second-order valence-corrected chi connectivity index (χ2v) is 4.89. The van der Waals surface area contributed by atoms with Crippen LogP contribution in [0.25, 0.3) is 0 Å². The number of hydrogen-bond acceptors (Lipinski definition) is 1. The van der Waals surface area contributed by atoms with Crippen LogP contribution in [0.5, 0.6) is 0 Å². The number of rotatable bonds is 4. The lowest BCUT2D eigenvalue weighted by atomic mass is 10.1. The van der Waals surface area contributed by atoms with E-state index in [4.69, 9.17) is 0 Å². The lowest BCUT2D eigenvalue weighted by molar-refractivity contribution is 0.399. The molecule has 0 aliphatic carbocycles. The predicted octanol–water partition coefficient (Wildman–Crippen LogP) is 2.92. The molecule has 1 aromatic rings. The van der Waals surface area contributed by atoms with Crippen LogP contribution in [0.2, 0.25) is 0 Å². The van der Waals surface area contributed by atoms with E-state index in [9.17, 15) is 4.39 Å². The summed E-state index contributed by atoms with van der Waals surface area (Å²) in [7, 11) is 4.07. The van der Waals surface area contributed by atoms with Crippen molar-refractivity contribution in [2.75, 3.05) is 20.6 Å². The maximum absolute atomic E-state index is 13.3. The third kappa shape index (κ3) is 3.92. The summed E-state index contributed by atoms with van der Waals surface area (Å²) in [6, 6.07) is 5.27. The van der Waals surface area contributed by atoms with E-state index in [0.717, 1.165) is 28.5 Å². The number of nitrogens with zero attached hydrogens (tertiary/aromatic N) is 1. The number of halogens is 2. The second kappa shape index (κ2) is 5.66. The Bertz CT molecular complexity index is 299. The smallest absolute Gasteiger partial charge is 0.126 e. The van der Waals surface area contributed by atoms with Crippen molar-refractivity contribution in [1.29, 1.82) is 0 Å². The highest BCUT2D eigenvalue weighted by Gasteiger charge is 2.02. The molecule has 0 heterocycles. The van der Waals surface area contributed by atoms with E-state index in [2.05, 4.69) is 27.5 Å². The Morgan fingerprint density at radius 2 is 2.07 bits per heavy atom. The van der Waals surface area contributed by atoms with E-state index < -0.39 is 0 Å². The molecular weight excluding hydrogens is 292 g/mol. The summed E-state index contributed by atoms with van der Waals surface area (Å²) in [6.45, 7) is 1.00. The van der Waals surface area contributed by atoms with Crippen molar-refractivity contribution in [3.8, 4) is 0 Å². The third-order valence-corrected chi connectivity index (χ3v) is 2.73. The maximum atomic E-state index is 13.3. The van der Waals surface area contributed by atoms with Crippen LogP contribution in [-0.2, 0) is 6.42 Å². The molecule has 14 heavy (non-hydrogen) atoms. The first-order valence-electron chi connectivity index (χ1n) is 4.68. The largest absolute Gasteiger partial charge is 0.309 e. The summed E-state index contributed by atoms with van der Waals surface area (Å²) in [5, 5.41) is 0. The van der Waals surface area contributed by atoms with Gasteiger partial charge in [0.25, 0.3) is 0 Å². The SMILES string of the molecule is CN(C)CCCc1cc(I)ccc1F. The molecule has 0 bridgehead atoms. The highest BCUT2D eigenvalue weighted by atomic mass is 127. The highest BCUT2D eigenvalue weighted by molar-refractivity contribution is 14.1. The van der Waals surface area contributed by atoms with E-state index in [1.165, 1.54) is 0 Å². The molecule has 0 radical (unpaired) electrons. The molecule has 0 aromatic heterocycles. The van der Waals surface area contributed by atoms with Crippen molar-refractivity contribution < 1.29 is 4.39 Å². The van der Waals surface area contributed by atoms with E-state index in [0.29, 0.717) is 0 Å². The fourth-order valence-corrected chi connectivity index (χ4v) is 1.88. The molecule has 1 rings (SSSR count). The standard InChI is InChI=1S/C11H15FIN/c1-14(2)7-3-4-9-8-10(13)5-6-11(9)12/h5-6,8H,3-4,7H2,1-2H3. The van der Waals surface area contributed by atoms with Crippen molar-refractivity contribution >= 4 is 22.6 Å². The molecule has 0 spiro atoms. The highest BCUT2D eigenvalue weighted by Crippen LogP contribution is 2.14. The maximum Gasteiger partial charge on any atom is 0.126 e. The molecule has 0 saturated carbocycles. The Kier molecular flexibility index (Phi) is 4.81. The summed E-state index contributed by atoms with van der Waals surface area (Å²) in [5.41, 5.74) is 0.832. The Morgan fingerprint density at radius 1 is 1.36 bits per heavy atom. The topological polar surface area (TPSA) is 3.24 Å². The van der Waals surface area contributed by atoms with Crippen LogP contribution in [0, 0.1) is 9.39 Å². The fourth-order valence-electron chi connectivity index (χ4n) is 1.32. The zero-order valence-corrected chi connectivity index (χ0v) is 10.7. The zero-order valence-electron chi connectivity index (χ0n) is 8.56. The van der Waals surface area contributed by atoms with Gasteiger partial charge in [-0.2, -0.15) is 0 Å². The summed E-state index contributed by atoms with van der Waals surface area (Å²) in [4.78, 5) is 2.12. The van der Waals surface area contributed by atoms with Gasteiger partial charge in [-0.25, -0.2) is 4.39 Å². The van der Waals surface area contributed by atoms with Gasteiger partial charge in [0.15, 0.2) is 0 Å². The second-order valence-electron chi connectivity index (χ2n) is 3.64. The number of hydrogen-bond donors (Lipinski definition) is 0. The quantitative estimate of drug-likeness (QED) is 0.773. The Balaban J connectivity index is 2.53. The molecule has 0 fully saturated rings. The molecule has 0 aliphatic rings.